The van der Waals surface area contributed by atoms with Crippen LogP contribution in [-0.4, -0.2) is 10.9 Å². The maximum absolute atomic E-state index is 13.1. The summed E-state index contributed by atoms with van der Waals surface area (Å²) < 4.78 is 0.330. The number of para-hydroxylation sites is 1. The highest BCUT2D eigenvalue weighted by Gasteiger charge is 2.21. The lowest BCUT2D eigenvalue weighted by atomic mass is 9.94. The molecule has 2 aromatic carbocycles. The summed E-state index contributed by atoms with van der Waals surface area (Å²) in [5.41, 5.74) is 4.37. The summed E-state index contributed by atoms with van der Waals surface area (Å²) in [5, 5.41) is 12.6. The monoisotopic (exact) mass is 359 g/mol. The summed E-state index contributed by atoms with van der Waals surface area (Å²) in [6, 6.07) is 19.1. The summed E-state index contributed by atoms with van der Waals surface area (Å²) in [6.07, 6.45) is 0. The molecule has 0 aliphatic rings. The second-order valence-electron chi connectivity index (χ2n) is 5.95. The van der Waals surface area contributed by atoms with Gasteiger partial charge in [-0.15, -0.1) is 0 Å². The molecule has 3 rings (SSSR count). The predicted molar refractivity (Wildman–Crippen MR) is 106 cm³/mol. The first kappa shape index (κ1) is 17.6. The van der Waals surface area contributed by atoms with Crippen LogP contribution >= 0.6 is 12.2 Å². The summed E-state index contributed by atoms with van der Waals surface area (Å²) in [6.45, 7) is 3.72. The molecule has 26 heavy (non-hydrogen) atoms. The molecule has 0 atom stereocenters. The van der Waals surface area contributed by atoms with Crippen LogP contribution in [0.2, 0.25) is 0 Å². The zero-order valence-electron chi connectivity index (χ0n) is 14.5. The Morgan fingerprint density at radius 3 is 2.38 bits per heavy atom. The van der Waals surface area contributed by atoms with E-state index in [9.17, 15) is 10.1 Å². The summed E-state index contributed by atoms with van der Waals surface area (Å²) >= 11 is 5.31. The van der Waals surface area contributed by atoms with Gasteiger partial charge in [0.15, 0.2) is 0 Å². The Morgan fingerprint density at radius 2 is 1.73 bits per heavy atom. The van der Waals surface area contributed by atoms with Gasteiger partial charge in [0, 0.05) is 16.9 Å². The topological polar surface area (TPSA) is 68.7 Å². The molecule has 0 aliphatic heterocycles. The van der Waals surface area contributed by atoms with Crippen molar-refractivity contribution in [2.75, 3.05) is 5.32 Å². The molecule has 1 amide bonds. The van der Waals surface area contributed by atoms with Crippen LogP contribution in [0, 0.1) is 29.8 Å². The molecule has 0 radical (unpaired) electrons. The van der Waals surface area contributed by atoms with E-state index < -0.39 is 0 Å². The standard InChI is InChI=1S/C21H17N3OS/c1-13-8-6-7-11-17(13)24-20(25)18-14(2)23-21(26)16(12-22)19(18)15-9-4-3-5-10-15/h3-11H,1-2H3,(H,23,26)(H,24,25). The molecule has 0 fully saturated rings. The first-order valence-electron chi connectivity index (χ1n) is 8.12. The van der Waals surface area contributed by atoms with Crippen LogP contribution < -0.4 is 5.32 Å². The predicted octanol–water partition coefficient (Wildman–Crippen LogP) is 5.15. The SMILES string of the molecule is Cc1ccccc1NC(=O)c1c(C)[nH]c(=S)c(C#N)c1-c1ccccc1. The minimum absolute atomic E-state index is 0.279. The van der Waals surface area contributed by atoms with Crippen molar-refractivity contribution in [3.8, 4) is 17.2 Å². The number of anilines is 1. The fraction of sp³-hybridized carbons (Fsp3) is 0.0952. The Bertz CT molecular complexity index is 1080. The number of nitrogens with one attached hydrogen (secondary N) is 2. The van der Waals surface area contributed by atoms with Gasteiger partial charge in [0.2, 0.25) is 0 Å². The van der Waals surface area contributed by atoms with Crippen LogP contribution in [0.4, 0.5) is 5.69 Å². The highest BCUT2D eigenvalue weighted by Crippen LogP contribution is 2.30. The smallest absolute Gasteiger partial charge is 0.258 e. The van der Waals surface area contributed by atoms with Crippen LogP contribution in [0.3, 0.4) is 0 Å². The van der Waals surface area contributed by atoms with Crippen molar-refractivity contribution < 1.29 is 4.79 Å². The maximum atomic E-state index is 13.1. The Kier molecular flexibility index (Phi) is 4.97. The van der Waals surface area contributed by atoms with Crippen molar-refractivity contribution in [3.63, 3.8) is 0 Å². The Hall–Kier alpha value is -3.23. The van der Waals surface area contributed by atoms with Crippen molar-refractivity contribution in [2.45, 2.75) is 13.8 Å². The molecule has 128 valence electrons. The van der Waals surface area contributed by atoms with Crippen molar-refractivity contribution in [3.05, 3.63) is 81.6 Å². The van der Waals surface area contributed by atoms with Crippen molar-refractivity contribution in [1.29, 1.82) is 5.26 Å². The number of aromatic amines is 1. The lowest BCUT2D eigenvalue weighted by Crippen LogP contribution is -2.17. The molecule has 1 aromatic heterocycles. The van der Waals surface area contributed by atoms with E-state index in [2.05, 4.69) is 16.4 Å². The molecule has 5 heteroatoms. The summed E-state index contributed by atoms with van der Waals surface area (Å²) in [4.78, 5) is 16.1. The highest BCUT2D eigenvalue weighted by atomic mass is 32.1. The number of H-pyrrole nitrogens is 1. The average molecular weight is 359 g/mol. The van der Waals surface area contributed by atoms with Gasteiger partial charge in [-0.1, -0.05) is 60.7 Å². The summed E-state index contributed by atoms with van der Waals surface area (Å²) in [7, 11) is 0. The van der Waals surface area contributed by atoms with Gasteiger partial charge in [-0.3, -0.25) is 4.79 Å². The number of amides is 1. The van der Waals surface area contributed by atoms with E-state index in [1.165, 1.54) is 0 Å². The molecule has 4 nitrogen and oxygen atoms in total. The van der Waals surface area contributed by atoms with E-state index >= 15 is 0 Å². The second-order valence-corrected chi connectivity index (χ2v) is 6.36. The van der Waals surface area contributed by atoms with Gasteiger partial charge in [-0.05, 0) is 31.0 Å². The van der Waals surface area contributed by atoms with Crippen LogP contribution in [0.15, 0.2) is 54.6 Å². The van der Waals surface area contributed by atoms with Gasteiger partial charge in [0.25, 0.3) is 5.91 Å². The first-order chi connectivity index (χ1) is 12.5. The summed E-state index contributed by atoms with van der Waals surface area (Å²) in [5.74, 6) is -0.279. The minimum Gasteiger partial charge on any atom is -0.348 e. The Balaban J connectivity index is 2.21. The van der Waals surface area contributed by atoms with Crippen molar-refractivity contribution in [2.24, 2.45) is 0 Å². The third-order valence-electron chi connectivity index (χ3n) is 4.20. The average Bonchev–Trinajstić information content (AvgIpc) is 2.63. The lowest BCUT2D eigenvalue weighted by Gasteiger charge is -2.16. The second kappa shape index (κ2) is 7.34. The number of carbonyl (C=O) groups excluding carboxylic acids is 1. The van der Waals surface area contributed by atoms with Crippen molar-refractivity contribution >= 4 is 23.8 Å². The molecular weight excluding hydrogens is 342 g/mol. The quantitative estimate of drug-likeness (QED) is 0.635. The van der Waals surface area contributed by atoms with Crippen molar-refractivity contribution in [1.82, 2.24) is 4.98 Å². The van der Waals surface area contributed by atoms with Crippen LogP contribution in [0.25, 0.3) is 11.1 Å². The van der Waals surface area contributed by atoms with E-state index in [0.29, 0.717) is 27.0 Å². The molecule has 0 spiro atoms. The first-order valence-corrected chi connectivity index (χ1v) is 8.53. The molecule has 0 bridgehead atoms. The van der Waals surface area contributed by atoms with Gasteiger partial charge in [-0.2, -0.15) is 5.26 Å². The molecule has 0 saturated heterocycles. The number of carbonyl (C=O) groups is 1. The zero-order chi connectivity index (χ0) is 18.7. The Morgan fingerprint density at radius 1 is 1.08 bits per heavy atom. The fourth-order valence-electron chi connectivity index (χ4n) is 2.90. The van der Waals surface area contributed by atoms with Gasteiger partial charge >= 0.3 is 0 Å². The van der Waals surface area contributed by atoms with E-state index in [4.69, 9.17) is 12.2 Å². The number of aromatic nitrogens is 1. The van der Waals surface area contributed by atoms with E-state index in [1.54, 1.807) is 6.92 Å². The van der Waals surface area contributed by atoms with Crippen LogP contribution in [-0.2, 0) is 0 Å². The number of benzene rings is 2. The van der Waals surface area contributed by atoms with E-state index in [1.807, 2.05) is 61.5 Å². The van der Waals surface area contributed by atoms with Crippen LogP contribution in [0.1, 0.15) is 27.2 Å². The normalized spacial score (nSPS) is 10.2. The molecule has 0 unspecified atom stereocenters. The fourth-order valence-corrected chi connectivity index (χ4v) is 3.20. The number of nitriles is 1. The number of hydrogen-bond donors (Lipinski definition) is 2. The highest BCUT2D eigenvalue weighted by molar-refractivity contribution is 7.71. The maximum Gasteiger partial charge on any atom is 0.258 e. The molecule has 1 heterocycles. The van der Waals surface area contributed by atoms with E-state index in [0.717, 1.165) is 16.8 Å². The number of rotatable bonds is 3. The number of pyridine rings is 1. The zero-order valence-corrected chi connectivity index (χ0v) is 15.3. The van der Waals surface area contributed by atoms with Gasteiger partial charge < -0.3 is 10.3 Å². The molecule has 3 aromatic rings. The van der Waals surface area contributed by atoms with Crippen LogP contribution in [0.5, 0.6) is 0 Å². The number of hydrogen-bond acceptors (Lipinski definition) is 3. The van der Waals surface area contributed by atoms with Gasteiger partial charge in [0.1, 0.15) is 10.7 Å². The van der Waals surface area contributed by atoms with Gasteiger partial charge in [-0.25, -0.2) is 0 Å². The molecular formula is C21H17N3OS. The Labute approximate surface area is 157 Å². The third-order valence-corrected chi connectivity index (χ3v) is 4.50. The minimum atomic E-state index is -0.279. The number of nitrogens with zero attached hydrogens (tertiary/aromatic N) is 1. The van der Waals surface area contributed by atoms with Gasteiger partial charge in [0.05, 0.1) is 11.1 Å². The molecule has 2 N–H and O–H groups in total. The third kappa shape index (κ3) is 3.28. The molecule has 0 saturated carbocycles. The van der Waals surface area contributed by atoms with E-state index in [-0.39, 0.29) is 5.91 Å². The largest absolute Gasteiger partial charge is 0.348 e. The molecule has 0 aliphatic carbocycles. The lowest BCUT2D eigenvalue weighted by molar-refractivity contribution is 0.102. The number of aryl methyl sites for hydroxylation is 2.